The van der Waals surface area contributed by atoms with Gasteiger partial charge in [0.15, 0.2) is 0 Å². The topological polar surface area (TPSA) is 71.1 Å². The van der Waals surface area contributed by atoms with Gasteiger partial charge in [-0.25, -0.2) is 13.4 Å². The molecule has 0 aliphatic heterocycles. The second-order valence-electron chi connectivity index (χ2n) is 4.64. The number of halogens is 2. The molecule has 0 aliphatic rings. The van der Waals surface area contributed by atoms with Crippen LogP contribution in [0.4, 0.5) is 17.2 Å². The molecule has 0 atom stereocenters. The largest absolute Gasteiger partial charge is 0.354 e. The molecule has 2 rings (SSSR count). The lowest BCUT2D eigenvalue weighted by atomic mass is 10.3. The summed E-state index contributed by atoms with van der Waals surface area (Å²) in [4.78, 5) is 4.07. The number of nitrogens with zero attached hydrogens (tertiary/aromatic N) is 1. The number of aromatic nitrogens is 1. The van der Waals surface area contributed by atoms with Crippen molar-refractivity contribution < 1.29 is 8.42 Å². The first-order valence-corrected chi connectivity index (χ1v) is 8.98. The van der Waals surface area contributed by atoms with Gasteiger partial charge in [0.1, 0.15) is 5.82 Å². The quantitative estimate of drug-likeness (QED) is 0.807. The Kier molecular flexibility index (Phi) is 5.50. The highest BCUT2D eigenvalue weighted by atomic mass is 35.5. The minimum absolute atomic E-state index is 0.0652. The minimum atomic E-state index is -3.34. The van der Waals surface area contributed by atoms with E-state index in [4.69, 9.17) is 23.2 Å². The molecule has 0 spiro atoms. The standard InChI is InChI=1S/C14H15Cl2N3O2S/c1-2-5-22(20,21)19-14-4-3-12(9-17-14)18-13-7-10(15)6-11(16)8-13/h3-4,6-9,18H,2,5H2,1H3,(H,17,19). The first kappa shape index (κ1) is 16.9. The fourth-order valence-electron chi connectivity index (χ4n) is 1.80. The van der Waals surface area contributed by atoms with E-state index in [0.29, 0.717) is 22.2 Å². The Bertz CT molecular complexity index is 729. The summed E-state index contributed by atoms with van der Waals surface area (Å²) in [6, 6.07) is 8.39. The number of benzene rings is 1. The molecule has 118 valence electrons. The van der Waals surface area contributed by atoms with Crippen molar-refractivity contribution in [3.8, 4) is 0 Å². The third-order valence-corrected chi connectivity index (χ3v) is 4.55. The molecule has 2 aromatic rings. The Morgan fingerprint density at radius 3 is 2.32 bits per heavy atom. The second kappa shape index (κ2) is 7.17. The predicted octanol–water partition coefficient (Wildman–Crippen LogP) is 4.28. The number of hydrogen-bond donors (Lipinski definition) is 2. The molecule has 1 aromatic heterocycles. The van der Waals surface area contributed by atoms with Crippen molar-refractivity contribution in [3.05, 3.63) is 46.6 Å². The highest BCUT2D eigenvalue weighted by Crippen LogP contribution is 2.25. The molecule has 0 aliphatic carbocycles. The average Bonchev–Trinajstić information content (AvgIpc) is 2.39. The minimum Gasteiger partial charge on any atom is -0.354 e. The van der Waals surface area contributed by atoms with Crippen LogP contribution in [0.25, 0.3) is 0 Å². The lowest BCUT2D eigenvalue weighted by Gasteiger charge is -2.09. The van der Waals surface area contributed by atoms with Crippen LogP contribution in [-0.2, 0) is 10.0 Å². The van der Waals surface area contributed by atoms with Crippen LogP contribution in [0.15, 0.2) is 36.5 Å². The van der Waals surface area contributed by atoms with Crippen LogP contribution in [0.2, 0.25) is 10.0 Å². The zero-order valence-electron chi connectivity index (χ0n) is 11.8. The Morgan fingerprint density at radius 1 is 1.09 bits per heavy atom. The zero-order valence-corrected chi connectivity index (χ0v) is 14.1. The summed E-state index contributed by atoms with van der Waals surface area (Å²) in [7, 11) is -3.34. The highest BCUT2D eigenvalue weighted by Gasteiger charge is 2.09. The van der Waals surface area contributed by atoms with Gasteiger partial charge in [-0.05, 0) is 36.8 Å². The van der Waals surface area contributed by atoms with Crippen LogP contribution in [0.1, 0.15) is 13.3 Å². The molecular formula is C14H15Cl2N3O2S. The van der Waals surface area contributed by atoms with E-state index < -0.39 is 10.0 Å². The van der Waals surface area contributed by atoms with Crippen LogP contribution in [0.3, 0.4) is 0 Å². The van der Waals surface area contributed by atoms with Crippen molar-refractivity contribution in [1.82, 2.24) is 4.98 Å². The molecular weight excluding hydrogens is 345 g/mol. The summed E-state index contributed by atoms with van der Waals surface area (Å²) >= 11 is 11.9. The lowest BCUT2D eigenvalue weighted by Crippen LogP contribution is -2.16. The molecule has 2 N–H and O–H groups in total. The van der Waals surface area contributed by atoms with Gasteiger partial charge in [0.25, 0.3) is 0 Å². The smallest absolute Gasteiger partial charge is 0.233 e. The Morgan fingerprint density at radius 2 is 1.77 bits per heavy atom. The van der Waals surface area contributed by atoms with E-state index in [9.17, 15) is 8.42 Å². The molecule has 1 heterocycles. The van der Waals surface area contributed by atoms with Gasteiger partial charge < -0.3 is 5.32 Å². The van der Waals surface area contributed by atoms with Gasteiger partial charge in [-0.1, -0.05) is 30.1 Å². The molecule has 8 heteroatoms. The zero-order chi connectivity index (χ0) is 16.2. The maximum Gasteiger partial charge on any atom is 0.233 e. The summed E-state index contributed by atoms with van der Waals surface area (Å²) in [5.41, 5.74) is 1.41. The molecule has 0 unspecified atom stereocenters. The monoisotopic (exact) mass is 359 g/mol. The van der Waals surface area contributed by atoms with Gasteiger partial charge in [-0.15, -0.1) is 0 Å². The Labute approximate surface area is 139 Å². The third-order valence-electron chi connectivity index (χ3n) is 2.65. The fourth-order valence-corrected chi connectivity index (χ4v) is 3.40. The van der Waals surface area contributed by atoms with Crippen molar-refractivity contribution in [3.63, 3.8) is 0 Å². The van der Waals surface area contributed by atoms with Crippen molar-refractivity contribution in [2.75, 3.05) is 15.8 Å². The molecule has 0 fully saturated rings. The van der Waals surface area contributed by atoms with Gasteiger partial charge in [-0.3, -0.25) is 4.72 Å². The Hall–Kier alpha value is -1.50. The van der Waals surface area contributed by atoms with Crippen molar-refractivity contribution in [1.29, 1.82) is 0 Å². The first-order chi connectivity index (χ1) is 10.4. The third kappa shape index (κ3) is 5.05. The first-order valence-electron chi connectivity index (χ1n) is 6.57. The molecule has 22 heavy (non-hydrogen) atoms. The van der Waals surface area contributed by atoms with E-state index in [1.54, 1.807) is 37.3 Å². The van der Waals surface area contributed by atoms with E-state index in [1.165, 1.54) is 6.20 Å². The van der Waals surface area contributed by atoms with Gasteiger partial charge in [0.05, 0.1) is 17.6 Å². The fraction of sp³-hybridized carbons (Fsp3) is 0.214. The maximum atomic E-state index is 11.7. The number of sulfonamides is 1. The summed E-state index contributed by atoms with van der Waals surface area (Å²) < 4.78 is 25.7. The molecule has 0 amide bonds. The SMILES string of the molecule is CCCS(=O)(=O)Nc1ccc(Nc2cc(Cl)cc(Cl)c2)cn1. The van der Waals surface area contributed by atoms with Crippen molar-refractivity contribution in [2.24, 2.45) is 0 Å². The molecule has 5 nitrogen and oxygen atoms in total. The summed E-state index contributed by atoms with van der Waals surface area (Å²) in [6.07, 6.45) is 2.07. The lowest BCUT2D eigenvalue weighted by molar-refractivity contribution is 0.599. The normalized spacial score (nSPS) is 11.2. The molecule has 0 bridgehead atoms. The number of anilines is 3. The molecule has 0 radical (unpaired) electrons. The second-order valence-corrected chi connectivity index (χ2v) is 7.35. The summed E-state index contributed by atoms with van der Waals surface area (Å²) in [6.45, 7) is 1.80. The molecule has 0 saturated heterocycles. The van der Waals surface area contributed by atoms with E-state index in [2.05, 4.69) is 15.0 Å². The van der Waals surface area contributed by atoms with E-state index >= 15 is 0 Å². The highest BCUT2D eigenvalue weighted by molar-refractivity contribution is 7.92. The number of rotatable bonds is 6. The van der Waals surface area contributed by atoms with Crippen LogP contribution < -0.4 is 10.0 Å². The Balaban J connectivity index is 2.09. The molecule has 0 saturated carbocycles. The van der Waals surface area contributed by atoms with E-state index in [0.717, 1.165) is 5.69 Å². The van der Waals surface area contributed by atoms with Crippen LogP contribution >= 0.6 is 23.2 Å². The van der Waals surface area contributed by atoms with Crippen LogP contribution in [0, 0.1) is 0 Å². The average molecular weight is 360 g/mol. The van der Waals surface area contributed by atoms with E-state index in [1.807, 2.05) is 0 Å². The van der Waals surface area contributed by atoms with Crippen molar-refractivity contribution >= 4 is 50.4 Å². The van der Waals surface area contributed by atoms with Gasteiger partial charge in [0, 0.05) is 15.7 Å². The van der Waals surface area contributed by atoms with E-state index in [-0.39, 0.29) is 11.6 Å². The summed E-state index contributed by atoms with van der Waals surface area (Å²) in [5.74, 6) is 0.346. The van der Waals surface area contributed by atoms with Crippen LogP contribution in [0.5, 0.6) is 0 Å². The number of pyridine rings is 1. The van der Waals surface area contributed by atoms with Gasteiger partial charge in [0.2, 0.25) is 10.0 Å². The number of nitrogens with one attached hydrogen (secondary N) is 2. The van der Waals surface area contributed by atoms with Gasteiger partial charge >= 0.3 is 0 Å². The van der Waals surface area contributed by atoms with Crippen molar-refractivity contribution in [2.45, 2.75) is 13.3 Å². The van der Waals surface area contributed by atoms with Gasteiger partial charge in [-0.2, -0.15) is 0 Å². The number of hydrogen-bond acceptors (Lipinski definition) is 4. The molecule has 1 aromatic carbocycles. The summed E-state index contributed by atoms with van der Waals surface area (Å²) in [5, 5.41) is 4.13. The predicted molar refractivity (Wildman–Crippen MR) is 91.7 cm³/mol. The van der Waals surface area contributed by atoms with Crippen LogP contribution in [-0.4, -0.2) is 19.2 Å². The maximum absolute atomic E-state index is 11.7.